The van der Waals surface area contributed by atoms with E-state index in [1.54, 1.807) is 6.20 Å². The predicted octanol–water partition coefficient (Wildman–Crippen LogP) is 0.172. The second-order valence-electron chi connectivity index (χ2n) is 0.870. The SMILES string of the molecule is Pc1ncco1.[Ir]. The van der Waals surface area contributed by atoms with Crippen molar-refractivity contribution in [1.29, 1.82) is 0 Å². The van der Waals surface area contributed by atoms with Crippen LogP contribution in [0, 0.1) is 0 Å². The van der Waals surface area contributed by atoms with Gasteiger partial charge in [-0.3, -0.25) is 0 Å². The molecule has 0 fully saturated rings. The van der Waals surface area contributed by atoms with Crippen molar-refractivity contribution in [1.82, 2.24) is 4.98 Å². The monoisotopic (exact) mass is 294 g/mol. The largest absolute Gasteiger partial charge is 0.446 e. The Hall–Kier alpha value is 0.289. The first-order valence-electron chi connectivity index (χ1n) is 1.54. The van der Waals surface area contributed by atoms with Crippen LogP contribution in [0.4, 0.5) is 0 Å². The number of hydrogen-bond acceptors (Lipinski definition) is 2. The van der Waals surface area contributed by atoms with Crippen molar-refractivity contribution in [3.8, 4) is 0 Å². The van der Waals surface area contributed by atoms with Gasteiger partial charge in [-0.1, -0.05) is 0 Å². The molecule has 1 heterocycles. The molecule has 1 radical (unpaired) electrons. The third kappa shape index (κ3) is 2.18. The topological polar surface area (TPSA) is 26.0 Å². The molecule has 1 unspecified atom stereocenters. The van der Waals surface area contributed by atoms with Crippen LogP contribution in [0.2, 0.25) is 0 Å². The Balaban J connectivity index is 0.000000360. The van der Waals surface area contributed by atoms with Crippen LogP contribution in [-0.4, -0.2) is 4.98 Å². The Morgan fingerprint density at radius 3 is 2.57 bits per heavy atom. The molecule has 0 spiro atoms. The molecule has 0 aliphatic rings. The zero-order valence-electron chi connectivity index (χ0n) is 3.42. The Bertz CT molecular complexity index is 118. The van der Waals surface area contributed by atoms with Crippen molar-refractivity contribution in [3.63, 3.8) is 0 Å². The van der Waals surface area contributed by atoms with E-state index in [0.29, 0.717) is 5.63 Å². The second kappa shape index (κ2) is 3.31. The third-order valence-electron chi connectivity index (χ3n) is 0.451. The maximum atomic E-state index is 4.69. The molecule has 1 atom stereocenters. The molecule has 7 heavy (non-hydrogen) atoms. The molecule has 0 N–H and O–H groups in total. The van der Waals surface area contributed by atoms with Gasteiger partial charge in [-0.2, -0.15) is 0 Å². The standard InChI is InChI=1S/C3H4NOP.Ir/c6-3-4-1-2-5-3;/h1-2H,6H2;. The summed E-state index contributed by atoms with van der Waals surface area (Å²) in [5.74, 6) is 0. The van der Waals surface area contributed by atoms with Crippen molar-refractivity contribution in [2.24, 2.45) is 0 Å². The van der Waals surface area contributed by atoms with Gasteiger partial charge in [-0.15, -0.1) is 0 Å². The summed E-state index contributed by atoms with van der Waals surface area (Å²) in [5, 5.41) is 0. The predicted molar refractivity (Wildman–Crippen MR) is 25.8 cm³/mol. The fourth-order valence-corrected chi connectivity index (χ4v) is 0.399. The summed E-state index contributed by atoms with van der Waals surface area (Å²) in [6.45, 7) is 0. The summed E-state index contributed by atoms with van der Waals surface area (Å²) in [5.41, 5.74) is 0.634. The maximum Gasteiger partial charge on any atom is 0.209 e. The summed E-state index contributed by atoms with van der Waals surface area (Å²) in [4.78, 5) is 3.71. The molecule has 1 aromatic rings. The smallest absolute Gasteiger partial charge is 0.209 e. The van der Waals surface area contributed by atoms with Gasteiger partial charge in [0.25, 0.3) is 0 Å². The molecule has 2 nitrogen and oxygen atoms in total. The van der Waals surface area contributed by atoms with E-state index in [1.807, 2.05) is 0 Å². The van der Waals surface area contributed by atoms with Gasteiger partial charge in [-0.25, -0.2) is 4.98 Å². The van der Waals surface area contributed by atoms with Gasteiger partial charge in [0.1, 0.15) is 6.26 Å². The van der Waals surface area contributed by atoms with E-state index in [1.165, 1.54) is 6.26 Å². The van der Waals surface area contributed by atoms with Crippen LogP contribution < -0.4 is 5.63 Å². The molecule has 0 aromatic carbocycles. The molecule has 0 bridgehead atoms. The van der Waals surface area contributed by atoms with Gasteiger partial charge in [0.2, 0.25) is 5.63 Å². The number of hydrogen-bond donors (Lipinski definition) is 0. The average molecular weight is 293 g/mol. The Labute approximate surface area is 57.3 Å². The first-order chi connectivity index (χ1) is 2.89. The average Bonchev–Trinajstić information content (AvgIpc) is 1.86. The van der Waals surface area contributed by atoms with Crippen molar-refractivity contribution in [2.75, 3.05) is 0 Å². The van der Waals surface area contributed by atoms with Gasteiger partial charge in [0, 0.05) is 20.1 Å². The van der Waals surface area contributed by atoms with E-state index in [2.05, 4.69) is 18.6 Å². The molecular formula is C3H4IrNOP. The van der Waals surface area contributed by atoms with Crippen LogP contribution in [0.3, 0.4) is 0 Å². The molecule has 4 heteroatoms. The zero-order valence-corrected chi connectivity index (χ0v) is 6.97. The normalized spacial score (nSPS) is 7.57. The minimum Gasteiger partial charge on any atom is -0.446 e. The van der Waals surface area contributed by atoms with E-state index in [9.17, 15) is 0 Å². The minimum absolute atomic E-state index is 0. The molecule has 1 rings (SSSR count). The Morgan fingerprint density at radius 2 is 2.43 bits per heavy atom. The van der Waals surface area contributed by atoms with Gasteiger partial charge < -0.3 is 4.42 Å². The number of aromatic nitrogens is 1. The summed E-state index contributed by atoms with van der Waals surface area (Å²) in [6.07, 6.45) is 3.13. The summed E-state index contributed by atoms with van der Waals surface area (Å²) >= 11 is 0. The summed E-state index contributed by atoms with van der Waals surface area (Å²) in [6, 6.07) is 0. The second-order valence-corrected chi connectivity index (χ2v) is 1.36. The molecule has 0 amide bonds. The van der Waals surface area contributed by atoms with Gasteiger partial charge in [0.15, 0.2) is 0 Å². The van der Waals surface area contributed by atoms with E-state index < -0.39 is 0 Å². The van der Waals surface area contributed by atoms with E-state index in [4.69, 9.17) is 0 Å². The van der Waals surface area contributed by atoms with Gasteiger partial charge >= 0.3 is 0 Å². The van der Waals surface area contributed by atoms with E-state index >= 15 is 0 Å². The van der Waals surface area contributed by atoms with Crippen molar-refractivity contribution in [3.05, 3.63) is 12.5 Å². The van der Waals surface area contributed by atoms with Crippen LogP contribution >= 0.6 is 9.24 Å². The first-order valence-corrected chi connectivity index (χ1v) is 2.12. The zero-order chi connectivity index (χ0) is 4.41. The summed E-state index contributed by atoms with van der Waals surface area (Å²) < 4.78 is 4.69. The van der Waals surface area contributed by atoms with Crippen LogP contribution in [0.15, 0.2) is 16.9 Å². The molecular weight excluding hydrogens is 289 g/mol. The van der Waals surface area contributed by atoms with Crippen LogP contribution in [0.5, 0.6) is 0 Å². The fraction of sp³-hybridized carbons (Fsp3) is 0. The fourth-order valence-electron chi connectivity index (χ4n) is 0.234. The van der Waals surface area contributed by atoms with Gasteiger partial charge in [-0.05, 0) is 9.24 Å². The molecule has 0 aliphatic heterocycles. The Morgan fingerprint density at radius 1 is 1.71 bits per heavy atom. The molecule has 0 saturated heterocycles. The molecule has 1 aromatic heterocycles. The van der Waals surface area contributed by atoms with Crippen LogP contribution in [0.25, 0.3) is 0 Å². The maximum absolute atomic E-state index is 4.69. The quantitative estimate of drug-likeness (QED) is 0.638. The Kier molecular flexibility index (Phi) is 3.45. The van der Waals surface area contributed by atoms with Crippen molar-refractivity contribution in [2.45, 2.75) is 0 Å². The number of nitrogens with zero attached hydrogens (tertiary/aromatic N) is 1. The number of oxazole rings is 1. The van der Waals surface area contributed by atoms with Crippen LogP contribution in [0.1, 0.15) is 0 Å². The van der Waals surface area contributed by atoms with Crippen LogP contribution in [-0.2, 0) is 20.1 Å². The van der Waals surface area contributed by atoms with Gasteiger partial charge in [0.05, 0.1) is 6.20 Å². The first kappa shape index (κ1) is 7.29. The van der Waals surface area contributed by atoms with E-state index in [0.717, 1.165) is 0 Å². The van der Waals surface area contributed by atoms with Crippen molar-refractivity contribution < 1.29 is 24.5 Å². The molecule has 0 aliphatic carbocycles. The number of rotatable bonds is 0. The third-order valence-corrected chi connectivity index (χ3v) is 0.737. The van der Waals surface area contributed by atoms with E-state index in [-0.39, 0.29) is 20.1 Å². The molecule has 41 valence electrons. The molecule has 0 saturated carbocycles. The van der Waals surface area contributed by atoms with Crippen molar-refractivity contribution >= 4 is 14.9 Å². The summed E-state index contributed by atoms with van der Waals surface area (Å²) in [7, 11) is 2.34. The minimum atomic E-state index is 0.